The van der Waals surface area contributed by atoms with Crippen LogP contribution in [0.15, 0.2) is 36.5 Å². The minimum Gasteiger partial charge on any atom is -0.278 e. The molecular formula is C9H7N2. The lowest BCUT2D eigenvalue weighted by Gasteiger charge is -1.92. The second kappa shape index (κ2) is 2.58. The normalized spacial score (nSPS) is 9.82. The van der Waals surface area contributed by atoms with Gasteiger partial charge in [-0.3, -0.25) is 5.10 Å². The highest BCUT2D eigenvalue weighted by molar-refractivity contribution is 5.56. The molecule has 0 saturated carbocycles. The van der Waals surface area contributed by atoms with Crippen molar-refractivity contribution < 1.29 is 0 Å². The van der Waals surface area contributed by atoms with Gasteiger partial charge in [0.15, 0.2) is 0 Å². The second-order valence-electron chi connectivity index (χ2n) is 2.25. The Balaban J connectivity index is 2.46. The molecule has 0 fully saturated rings. The molecule has 0 bridgehead atoms. The van der Waals surface area contributed by atoms with Crippen LogP contribution in [0.3, 0.4) is 0 Å². The Morgan fingerprint density at radius 2 is 2.27 bits per heavy atom. The summed E-state index contributed by atoms with van der Waals surface area (Å²) in [6.45, 7) is 0. The van der Waals surface area contributed by atoms with Crippen molar-refractivity contribution in [1.82, 2.24) is 10.2 Å². The summed E-state index contributed by atoms with van der Waals surface area (Å²) < 4.78 is 0. The number of nitrogens with one attached hydrogen (secondary N) is 1. The SMILES string of the molecule is [c]1ccccc1-c1ccn[nH]1. The summed E-state index contributed by atoms with van der Waals surface area (Å²) in [5.74, 6) is 0. The Bertz CT molecular complexity index is 311. The summed E-state index contributed by atoms with van der Waals surface area (Å²) in [5.41, 5.74) is 2.05. The van der Waals surface area contributed by atoms with Gasteiger partial charge in [0, 0.05) is 11.8 Å². The van der Waals surface area contributed by atoms with Crippen LogP contribution in [0.1, 0.15) is 0 Å². The van der Waals surface area contributed by atoms with Gasteiger partial charge in [-0.25, -0.2) is 0 Å². The minimum absolute atomic E-state index is 1.01. The molecule has 2 heteroatoms. The maximum atomic E-state index is 3.85. The zero-order valence-electron chi connectivity index (χ0n) is 5.91. The first kappa shape index (κ1) is 6.16. The fraction of sp³-hybridized carbons (Fsp3) is 0. The standard InChI is InChI=1S/C9H7N2/c1-2-4-8(5-3-1)9-6-7-10-11-9/h1-4,6-7H,(H,10,11). The Morgan fingerprint density at radius 1 is 1.27 bits per heavy atom. The second-order valence-corrected chi connectivity index (χ2v) is 2.25. The van der Waals surface area contributed by atoms with Crippen molar-refractivity contribution in [3.8, 4) is 11.3 Å². The predicted molar refractivity (Wildman–Crippen MR) is 42.9 cm³/mol. The quantitative estimate of drug-likeness (QED) is 0.648. The van der Waals surface area contributed by atoms with E-state index in [2.05, 4.69) is 16.3 Å². The van der Waals surface area contributed by atoms with Crippen LogP contribution in [-0.2, 0) is 0 Å². The van der Waals surface area contributed by atoms with Gasteiger partial charge in [0.2, 0.25) is 0 Å². The average molecular weight is 143 g/mol. The number of benzene rings is 1. The van der Waals surface area contributed by atoms with Gasteiger partial charge in [0.1, 0.15) is 0 Å². The van der Waals surface area contributed by atoms with E-state index in [9.17, 15) is 0 Å². The topological polar surface area (TPSA) is 28.7 Å². The summed E-state index contributed by atoms with van der Waals surface area (Å²) in [6, 6.07) is 12.8. The van der Waals surface area contributed by atoms with E-state index in [1.807, 2.05) is 30.3 Å². The molecular weight excluding hydrogens is 136 g/mol. The summed E-state index contributed by atoms with van der Waals surface area (Å²) in [6.07, 6.45) is 1.73. The Hall–Kier alpha value is -1.57. The Labute approximate surface area is 64.9 Å². The van der Waals surface area contributed by atoms with Gasteiger partial charge in [-0.05, 0) is 12.1 Å². The molecule has 0 aliphatic heterocycles. The average Bonchev–Trinajstić information content (AvgIpc) is 2.58. The fourth-order valence-corrected chi connectivity index (χ4v) is 0.967. The molecule has 1 heterocycles. The van der Waals surface area contributed by atoms with E-state index in [4.69, 9.17) is 0 Å². The number of rotatable bonds is 1. The van der Waals surface area contributed by atoms with E-state index in [0.29, 0.717) is 0 Å². The van der Waals surface area contributed by atoms with Crippen molar-refractivity contribution in [1.29, 1.82) is 0 Å². The third-order valence-electron chi connectivity index (χ3n) is 1.50. The van der Waals surface area contributed by atoms with E-state index >= 15 is 0 Å². The maximum absolute atomic E-state index is 3.85. The van der Waals surface area contributed by atoms with Crippen LogP contribution in [0.5, 0.6) is 0 Å². The van der Waals surface area contributed by atoms with Crippen molar-refractivity contribution in [3.05, 3.63) is 42.6 Å². The number of hydrogen-bond acceptors (Lipinski definition) is 1. The Morgan fingerprint density at radius 3 is 2.91 bits per heavy atom. The van der Waals surface area contributed by atoms with Gasteiger partial charge in [-0.2, -0.15) is 5.10 Å². The number of aromatic amines is 1. The third kappa shape index (κ3) is 1.15. The van der Waals surface area contributed by atoms with Crippen LogP contribution in [-0.4, -0.2) is 10.2 Å². The lowest BCUT2D eigenvalue weighted by molar-refractivity contribution is 1.09. The van der Waals surface area contributed by atoms with Crippen LogP contribution < -0.4 is 0 Å². The Kier molecular flexibility index (Phi) is 1.44. The molecule has 0 unspecified atom stereocenters. The van der Waals surface area contributed by atoms with Crippen molar-refractivity contribution in [2.45, 2.75) is 0 Å². The summed E-state index contributed by atoms with van der Waals surface area (Å²) in [7, 11) is 0. The number of hydrogen-bond donors (Lipinski definition) is 1. The molecule has 2 rings (SSSR count). The molecule has 0 saturated heterocycles. The van der Waals surface area contributed by atoms with E-state index < -0.39 is 0 Å². The lowest BCUT2D eigenvalue weighted by atomic mass is 10.2. The van der Waals surface area contributed by atoms with Crippen molar-refractivity contribution in [2.24, 2.45) is 0 Å². The van der Waals surface area contributed by atoms with Crippen molar-refractivity contribution in [3.63, 3.8) is 0 Å². The van der Waals surface area contributed by atoms with E-state index in [1.54, 1.807) is 6.20 Å². The van der Waals surface area contributed by atoms with Crippen molar-refractivity contribution in [2.75, 3.05) is 0 Å². The fourth-order valence-electron chi connectivity index (χ4n) is 0.967. The molecule has 2 nitrogen and oxygen atoms in total. The zero-order valence-corrected chi connectivity index (χ0v) is 5.91. The highest BCUT2D eigenvalue weighted by Gasteiger charge is 1.94. The first-order valence-corrected chi connectivity index (χ1v) is 3.43. The van der Waals surface area contributed by atoms with Crippen LogP contribution in [0.25, 0.3) is 11.3 Å². The highest BCUT2D eigenvalue weighted by atomic mass is 15.1. The van der Waals surface area contributed by atoms with Crippen LogP contribution in [0, 0.1) is 6.07 Å². The van der Waals surface area contributed by atoms with Gasteiger partial charge >= 0.3 is 0 Å². The summed E-state index contributed by atoms with van der Waals surface area (Å²) in [4.78, 5) is 0. The maximum Gasteiger partial charge on any atom is 0.0656 e. The first-order valence-electron chi connectivity index (χ1n) is 3.43. The summed E-state index contributed by atoms with van der Waals surface area (Å²) >= 11 is 0. The molecule has 1 aromatic heterocycles. The number of H-pyrrole nitrogens is 1. The number of nitrogens with zero attached hydrogens (tertiary/aromatic N) is 1. The predicted octanol–water partition coefficient (Wildman–Crippen LogP) is 1.88. The van der Waals surface area contributed by atoms with E-state index in [1.165, 1.54) is 0 Å². The molecule has 0 aliphatic carbocycles. The lowest BCUT2D eigenvalue weighted by Crippen LogP contribution is -1.75. The molecule has 2 aromatic rings. The third-order valence-corrected chi connectivity index (χ3v) is 1.50. The molecule has 0 atom stereocenters. The summed E-state index contributed by atoms with van der Waals surface area (Å²) in [5, 5.41) is 6.73. The van der Waals surface area contributed by atoms with Gasteiger partial charge in [0.25, 0.3) is 0 Å². The molecule has 0 aliphatic rings. The monoisotopic (exact) mass is 143 g/mol. The molecule has 11 heavy (non-hydrogen) atoms. The molecule has 0 spiro atoms. The molecule has 1 radical (unpaired) electrons. The number of aromatic nitrogens is 2. The van der Waals surface area contributed by atoms with Crippen molar-refractivity contribution >= 4 is 0 Å². The van der Waals surface area contributed by atoms with Gasteiger partial charge in [-0.1, -0.05) is 24.3 Å². The molecule has 1 N–H and O–H groups in total. The van der Waals surface area contributed by atoms with Gasteiger partial charge < -0.3 is 0 Å². The minimum atomic E-state index is 1.01. The van der Waals surface area contributed by atoms with Crippen LogP contribution in [0.2, 0.25) is 0 Å². The first-order chi connectivity index (χ1) is 5.47. The van der Waals surface area contributed by atoms with Gasteiger partial charge in [0.05, 0.1) is 5.69 Å². The van der Waals surface area contributed by atoms with Crippen LogP contribution in [0.4, 0.5) is 0 Å². The molecule has 0 amide bonds. The van der Waals surface area contributed by atoms with Crippen LogP contribution >= 0.6 is 0 Å². The van der Waals surface area contributed by atoms with E-state index in [-0.39, 0.29) is 0 Å². The smallest absolute Gasteiger partial charge is 0.0656 e. The zero-order chi connectivity index (χ0) is 7.52. The molecule has 53 valence electrons. The van der Waals surface area contributed by atoms with E-state index in [0.717, 1.165) is 11.3 Å². The van der Waals surface area contributed by atoms with Gasteiger partial charge in [-0.15, -0.1) is 0 Å². The highest BCUT2D eigenvalue weighted by Crippen LogP contribution is 2.13. The largest absolute Gasteiger partial charge is 0.278 e. The molecule has 1 aromatic carbocycles.